The van der Waals surface area contributed by atoms with Crippen molar-refractivity contribution >= 4 is 59.4 Å². The van der Waals surface area contributed by atoms with E-state index in [0.29, 0.717) is 10.2 Å². The highest BCUT2D eigenvalue weighted by Crippen LogP contribution is 2.27. The van der Waals surface area contributed by atoms with Gasteiger partial charge in [-0.15, -0.1) is 0 Å². The van der Waals surface area contributed by atoms with Crippen LogP contribution in [0.1, 0.15) is 10.4 Å². The van der Waals surface area contributed by atoms with E-state index < -0.39 is 5.82 Å². The molecule has 0 radical (unpaired) electrons. The molecule has 2 nitrogen and oxygen atoms in total. The van der Waals surface area contributed by atoms with Crippen molar-refractivity contribution in [3.63, 3.8) is 0 Å². The lowest BCUT2D eigenvalue weighted by atomic mass is 10.2. The summed E-state index contributed by atoms with van der Waals surface area (Å²) in [5.74, 6) is -0.836. The van der Waals surface area contributed by atoms with Gasteiger partial charge in [0.15, 0.2) is 0 Å². The first-order chi connectivity index (χ1) is 8.95. The Balaban J connectivity index is 2.25. The predicted octanol–water partition coefficient (Wildman–Crippen LogP) is 5.37. The zero-order chi connectivity index (χ0) is 14.0. The van der Waals surface area contributed by atoms with Crippen LogP contribution in [0.4, 0.5) is 10.1 Å². The summed E-state index contributed by atoms with van der Waals surface area (Å²) in [7, 11) is 0. The maximum Gasteiger partial charge on any atom is 0.255 e. The first-order valence-corrected chi connectivity index (χ1v) is 7.56. The van der Waals surface area contributed by atoms with Crippen LogP contribution >= 0.6 is 47.8 Å². The van der Waals surface area contributed by atoms with Crippen LogP contribution < -0.4 is 5.32 Å². The molecule has 0 bridgehead atoms. The van der Waals surface area contributed by atoms with Gasteiger partial charge in [-0.1, -0.05) is 31.9 Å². The molecule has 1 N–H and O–H groups in total. The maximum atomic E-state index is 13.2. The van der Waals surface area contributed by atoms with Crippen LogP contribution in [0.2, 0.25) is 0 Å². The Labute approximate surface area is 134 Å². The second-order valence-corrected chi connectivity index (χ2v) is 6.42. The summed E-state index contributed by atoms with van der Waals surface area (Å²) in [6, 6.07) is 9.42. The third-order valence-corrected chi connectivity index (χ3v) is 3.91. The molecule has 1 amide bonds. The third kappa shape index (κ3) is 3.87. The molecule has 0 atom stereocenters. The fraction of sp³-hybridized carbons (Fsp3) is 0. The molecule has 0 aliphatic rings. The number of carbonyl (C=O) groups excluding carboxylic acids is 1. The summed E-state index contributed by atoms with van der Waals surface area (Å²) < 4.78 is 15.4. The standard InChI is InChI=1S/C13H7Br3FNO/c14-8-1-2-12(11(16)6-8)18-13(19)7-3-9(15)5-10(17)4-7/h1-6H,(H,18,19). The van der Waals surface area contributed by atoms with Crippen LogP contribution in [-0.4, -0.2) is 5.91 Å². The van der Waals surface area contributed by atoms with Crippen molar-refractivity contribution in [1.82, 2.24) is 0 Å². The van der Waals surface area contributed by atoms with E-state index >= 15 is 0 Å². The van der Waals surface area contributed by atoms with E-state index in [4.69, 9.17) is 0 Å². The Kier molecular flexibility index (Phi) is 4.76. The largest absolute Gasteiger partial charge is 0.321 e. The van der Waals surface area contributed by atoms with Crippen molar-refractivity contribution in [2.24, 2.45) is 0 Å². The summed E-state index contributed by atoms with van der Waals surface area (Å²) in [6.45, 7) is 0. The molecule has 0 heterocycles. The van der Waals surface area contributed by atoms with Crippen LogP contribution in [0, 0.1) is 5.82 Å². The summed E-state index contributed by atoms with van der Waals surface area (Å²) in [6.07, 6.45) is 0. The van der Waals surface area contributed by atoms with Crippen molar-refractivity contribution < 1.29 is 9.18 Å². The number of amides is 1. The number of nitrogens with one attached hydrogen (secondary N) is 1. The quantitative estimate of drug-likeness (QED) is 0.653. The minimum absolute atomic E-state index is 0.252. The highest BCUT2D eigenvalue weighted by molar-refractivity contribution is 9.11. The van der Waals surface area contributed by atoms with Crippen LogP contribution in [0.15, 0.2) is 49.8 Å². The lowest BCUT2D eigenvalue weighted by Crippen LogP contribution is -2.12. The molecule has 0 unspecified atom stereocenters. The van der Waals surface area contributed by atoms with Gasteiger partial charge in [0.25, 0.3) is 5.91 Å². The molecule has 6 heteroatoms. The Morgan fingerprint density at radius 2 is 1.74 bits per heavy atom. The molecule has 2 aromatic rings. The van der Waals surface area contributed by atoms with E-state index in [1.807, 2.05) is 12.1 Å². The summed E-state index contributed by atoms with van der Waals surface area (Å²) in [5, 5.41) is 2.71. The van der Waals surface area contributed by atoms with E-state index in [9.17, 15) is 9.18 Å². The first-order valence-electron chi connectivity index (χ1n) is 5.18. The second kappa shape index (κ2) is 6.15. The Morgan fingerprint density at radius 3 is 2.37 bits per heavy atom. The highest BCUT2D eigenvalue weighted by atomic mass is 79.9. The van der Waals surface area contributed by atoms with Crippen LogP contribution in [-0.2, 0) is 0 Å². The number of benzene rings is 2. The smallest absolute Gasteiger partial charge is 0.255 e. The number of rotatable bonds is 2. The van der Waals surface area contributed by atoms with Crippen molar-refractivity contribution in [2.75, 3.05) is 5.32 Å². The van der Waals surface area contributed by atoms with Crippen molar-refractivity contribution in [1.29, 1.82) is 0 Å². The maximum absolute atomic E-state index is 13.2. The Morgan fingerprint density at radius 1 is 1.00 bits per heavy atom. The molecular formula is C13H7Br3FNO. The molecule has 0 aliphatic carbocycles. The van der Waals surface area contributed by atoms with Crippen molar-refractivity contribution in [3.8, 4) is 0 Å². The summed E-state index contributed by atoms with van der Waals surface area (Å²) >= 11 is 9.83. The van der Waals surface area contributed by atoms with Crippen molar-refractivity contribution in [2.45, 2.75) is 0 Å². The van der Waals surface area contributed by atoms with Gasteiger partial charge in [0.05, 0.1) is 5.69 Å². The third-order valence-electron chi connectivity index (χ3n) is 2.30. The molecule has 0 spiro atoms. The molecule has 0 saturated carbocycles. The minimum Gasteiger partial charge on any atom is -0.321 e. The zero-order valence-corrected chi connectivity index (χ0v) is 14.1. The Hall–Kier alpha value is -0.720. The number of halogens is 4. The van der Waals surface area contributed by atoms with Gasteiger partial charge < -0.3 is 5.32 Å². The fourth-order valence-corrected chi connectivity index (χ4v) is 3.08. The fourth-order valence-electron chi connectivity index (χ4n) is 1.47. The molecule has 0 fully saturated rings. The van der Waals surface area contributed by atoms with Crippen LogP contribution in [0.3, 0.4) is 0 Å². The topological polar surface area (TPSA) is 29.1 Å². The normalized spacial score (nSPS) is 10.3. The minimum atomic E-state index is -0.464. The zero-order valence-electron chi connectivity index (χ0n) is 9.38. The van der Waals surface area contributed by atoms with Crippen LogP contribution in [0.5, 0.6) is 0 Å². The number of carbonyl (C=O) groups is 1. The number of hydrogen-bond donors (Lipinski definition) is 1. The van der Waals surface area contributed by atoms with Gasteiger partial charge in [0.2, 0.25) is 0 Å². The lowest BCUT2D eigenvalue weighted by molar-refractivity contribution is 0.102. The summed E-state index contributed by atoms with van der Waals surface area (Å²) in [4.78, 5) is 12.0. The number of hydrogen-bond acceptors (Lipinski definition) is 1. The van der Waals surface area contributed by atoms with Gasteiger partial charge in [-0.25, -0.2) is 4.39 Å². The summed E-state index contributed by atoms with van der Waals surface area (Å²) in [5.41, 5.74) is 0.871. The second-order valence-electron chi connectivity index (χ2n) is 3.74. The van der Waals surface area contributed by atoms with Gasteiger partial charge >= 0.3 is 0 Å². The van der Waals surface area contributed by atoms with Gasteiger partial charge in [-0.2, -0.15) is 0 Å². The highest BCUT2D eigenvalue weighted by Gasteiger charge is 2.10. The molecule has 0 aromatic heterocycles. The predicted molar refractivity (Wildman–Crippen MR) is 83.9 cm³/mol. The first kappa shape index (κ1) is 14.7. The van der Waals surface area contributed by atoms with Crippen LogP contribution in [0.25, 0.3) is 0 Å². The van der Waals surface area contributed by atoms with E-state index in [2.05, 4.69) is 53.1 Å². The molecule has 0 saturated heterocycles. The molecule has 19 heavy (non-hydrogen) atoms. The molecule has 2 rings (SSSR count). The van der Waals surface area contributed by atoms with Gasteiger partial charge in [0.1, 0.15) is 5.82 Å². The van der Waals surface area contributed by atoms with E-state index in [1.54, 1.807) is 12.1 Å². The molecule has 0 aliphatic heterocycles. The van der Waals surface area contributed by atoms with E-state index in [1.165, 1.54) is 12.1 Å². The SMILES string of the molecule is O=C(Nc1ccc(Br)cc1Br)c1cc(F)cc(Br)c1. The average Bonchev–Trinajstić information content (AvgIpc) is 2.31. The molecule has 2 aromatic carbocycles. The van der Waals surface area contributed by atoms with Gasteiger partial charge in [-0.05, 0) is 52.3 Å². The van der Waals surface area contributed by atoms with E-state index in [-0.39, 0.29) is 11.5 Å². The monoisotopic (exact) mass is 449 g/mol. The van der Waals surface area contributed by atoms with E-state index in [0.717, 1.165) is 8.95 Å². The average molecular weight is 452 g/mol. The number of anilines is 1. The molecule has 98 valence electrons. The Bertz CT molecular complexity index is 626. The lowest BCUT2D eigenvalue weighted by Gasteiger charge is -2.08. The van der Waals surface area contributed by atoms with Crippen molar-refractivity contribution in [3.05, 3.63) is 61.2 Å². The van der Waals surface area contributed by atoms with Gasteiger partial charge in [-0.3, -0.25) is 4.79 Å². The van der Waals surface area contributed by atoms with Gasteiger partial charge in [0, 0.05) is 19.0 Å². The molecular weight excluding hydrogens is 445 g/mol.